The Kier molecular flexibility index (Phi) is 2.29. The number of rotatable bonds is 1. The minimum absolute atomic E-state index is 0.0672. The largest absolute Gasteiger partial charge is 0.397 e. The van der Waals surface area contributed by atoms with Crippen molar-refractivity contribution < 1.29 is 4.79 Å². The zero-order valence-electron chi connectivity index (χ0n) is 10.4. The number of carbonyl (C=O) groups is 1. The molecule has 0 fully saturated rings. The number of nitrogens with zero attached hydrogens (tertiary/aromatic N) is 2. The van der Waals surface area contributed by atoms with E-state index in [1.54, 1.807) is 4.90 Å². The van der Waals surface area contributed by atoms with E-state index in [-0.39, 0.29) is 5.91 Å². The van der Waals surface area contributed by atoms with Crippen LogP contribution in [0.5, 0.6) is 0 Å². The number of para-hydroxylation sites is 1. The molecule has 1 aliphatic heterocycles. The van der Waals surface area contributed by atoms with E-state index in [0.29, 0.717) is 17.8 Å². The van der Waals surface area contributed by atoms with Crippen LogP contribution in [0.1, 0.15) is 16.1 Å². The number of carbonyl (C=O) groups excluding carboxylic acids is 1. The average molecular weight is 328 g/mol. The summed E-state index contributed by atoms with van der Waals surface area (Å²) in [7, 11) is 0. The highest BCUT2D eigenvalue weighted by atomic mass is 79.9. The van der Waals surface area contributed by atoms with Crippen molar-refractivity contribution in [2.45, 2.75) is 6.54 Å². The van der Waals surface area contributed by atoms with Gasteiger partial charge in [-0.25, -0.2) is 4.98 Å². The van der Waals surface area contributed by atoms with E-state index in [1.807, 2.05) is 36.4 Å². The summed E-state index contributed by atoms with van der Waals surface area (Å²) in [5.74, 6) is -0.0672. The average Bonchev–Trinajstić information content (AvgIpc) is 2.67. The smallest absolute Gasteiger partial charge is 0.262 e. The number of hydrogen-bond acceptors (Lipinski definition) is 3. The molecule has 4 rings (SSSR count). The van der Waals surface area contributed by atoms with Crippen LogP contribution in [0.4, 0.5) is 5.69 Å². The highest BCUT2D eigenvalue weighted by Gasteiger charge is 2.34. The van der Waals surface area contributed by atoms with Gasteiger partial charge < -0.3 is 10.6 Å². The van der Waals surface area contributed by atoms with Crippen LogP contribution in [0.3, 0.4) is 0 Å². The summed E-state index contributed by atoms with van der Waals surface area (Å²) in [6.07, 6.45) is 5.74. The summed E-state index contributed by atoms with van der Waals surface area (Å²) >= 11 is 3.48. The minimum Gasteiger partial charge on any atom is -0.397 e. The molecular formula is C15H10BrN3O. The number of allylic oxidation sites excluding steroid dienone is 3. The van der Waals surface area contributed by atoms with Crippen LogP contribution in [-0.2, 0) is 6.54 Å². The second kappa shape index (κ2) is 3.93. The first kappa shape index (κ1) is 11.7. The SMILES string of the molecule is Nc1c2c(nc3c(Br)cccc13)CN(C1=CC=C1)C2=O. The molecule has 1 aromatic heterocycles. The summed E-state index contributed by atoms with van der Waals surface area (Å²) in [6, 6.07) is 5.71. The monoisotopic (exact) mass is 327 g/mol. The summed E-state index contributed by atoms with van der Waals surface area (Å²) < 4.78 is 0.887. The molecule has 0 saturated heterocycles. The summed E-state index contributed by atoms with van der Waals surface area (Å²) in [5.41, 5.74) is 9.72. The van der Waals surface area contributed by atoms with Crippen molar-refractivity contribution in [1.29, 1.82) is 0 Å². The predicted molar refractivity (Wildman–Crippen MR) is 81.0 cm³/mol. The van der Waals surface area contributed by atoms with Gasteiger partial charge in [0.05, 0.1) is 29.0 Å². The van der Waals surface area contributed by atoms with Gasteiger partial charge in [-0.2, -0.15) is 0 Å². The lowest BCUT2D eigenvalue weighted by atomic mass is 10.1. The lowest BCUT2D eigenvalue weighted by Gasteiger charge is -2.19. The van der Waals surface area contributed by atoms with Gasteiger partial charge in [0.2, 0.25) is 0 Å². The summed E-state index contributed by atoms with van der Waals surface area (Å²) in [4.78, 5) is 18.8. The lowest BCUT2D eigenvalue weighted by Crippen LogP contribution is -2.24. The molecule has 5 heteroatoms. The molecule has 0 spiro atoms. The molecule has 0 unspecified atom stereocenters. The number of anilines is 1. The molecular weight excluding hydrogens is 318 g/mol. The van der Waals surface area contributed by atoms with Gasteiger partial charge in [0.25, 0.3) is 5.91 Å². The Bertz CT molecular complexity index is 839. The Morgan fingerprint density at radius 3 is 2.85 bits per heavy atom. The van der Waals surface area contributed by atoms with Crippen LogP contribution in [-0.4, -0.2) is 15.8 Å². The molecule has 0 bridgehead atoms. The van der Waals surface area contributed by atoms with Crippen LogP contribution in [0.25, 0.3) is 10.9 Å². The second-order valence-electron chi connectivity index (χ2n) is 4.83. The third-order valence-corrected chi connectivity index (χ3v) is 4.33. The van der Waals surface area contributed by atoms with Crippen molar-refractivity contribution in [1.82, 2.24) is 9.88 Å². The third-order valence-electron chi connectivity index (χ3n) is 3.69. The Hall–Kier alpha value is -2.14. The van der Waals surface area contributed by atoms with Gasteiger partial charge in [0.1, 0.15) is 0 Å². The van der Waals surface area contributed by atoms with Crippen molar-refractivity contribution in [3.63, 3.8) is 0 Å². The van der Waals surface area contributed by atoms with E-state index in [1.165, 1.54) is 0 Å². The predicted octanol–water partition coefficient (Wildman–Crippen LogP) is 2.99. The van der Waals surface area contributed by atoms with Crippen LogP contribution in [0, 0.1) is 0 Å². The van der Waals surface area contributed by atoms with Gasteiger partial charge >= 0.3 is 0 Å². The molecule has 1 amide bonds. The normalized spacial score (nSPS) is 16.4. The maximum absolute atomic E-state index is 12.5. The van der Waals surface area contributed by atoms with E-state index >= 15 is 0 Å². The van der Waals surface area contributed by atoms with Crippen molar-refractivity contribution in [2.75, 3.05) is 5.73 Å². The second-order valence-corrected chi connectivity index (χ2v) is 5.68. The number of amides is 1. The number of hydrogen-bond donors (Lipinski definition) is 1. The highest BCUT2D eigenvalue weighted by molar-refractivity contribution is 9.10. The molecule has 2 heterocycles. The Morgan fingerprint density at radius 1 is 1.35 bits per heavy atom. The van der Waals surface area contributed by atoms with E-state index < -0.39 is 0 Å². The van der Waals surface area contributed by atoms with E-state index in [4.69, 9.17) is 5.73 Å². The quantitative estimate of drug-likeness (QED) is 0.875. The fraction of sp³-hybridized carbons (Fsp3) is 0.0667. The first-order chi connectivity index (χ1) is 9.66. The molecule has 20 heavy (non-hydrogen) atoms. The van der Waals surface area contributed by atoms with Gasteiger partial charge in [0.15, 0.2) is 0 Å². The summed E-state index contributed by atoms with van der Waals surface area (Å²) in [5, 5.41) is 0.812. The zero-order valence-corrected chi connectivity index (χ0v) is 12.0. The zero-order chi connectivity index (χ0) is 13.9. The van der Waals surface area contributed by atoms with E-state index in [2.05, 4.69) is 20.9 Å². The fourth-order valence-electron chi connectivity index (χ4n) is 2.61. The number of nitrogen functional groups attached to an aromatic ring is 1. The third kappa shape index (κ3) is 1.41. The minimum atomic E-state index is -0.0672. The van der Waals surface area contributed by atoms with Gasteiger partial charge in [-0.15, -0.1) is 0 Å². The van der Waals surface area contributed by atoms with Crippen LogP contribution >= 0.6 is 15.9 Å². The Balaban J connectivity index is 1.96. The molecule has 0 saturated carbocycles. The Morgan fingerprint density at radius 2 is 2.15 bits per heavy atom. The molecule has 2 aromatic rings. The first-order valence-corrected chi connectivity index (χ1v) is 7.03. The summed E-state index contributed by atoms with van der Waals surface area (Å²) in [6.45, 7) is 0.478. The lowest BCUT2D eigenvalue weighted by molar-refractivity contribution is 0.0831. The molecule has 1 aromatic carbocycles. The number of fused-ring (bicyclic) bond motifs is 2. The number of aromatic nitrogens is 1. The molecule has 2 aliphatic rings. The van der Waals surface area contributed by atoms with Crippen LogP contribution in [0.15, 0.2) is 46.6 Å². The number of benzene rings is 1. The number of nitrogens with two attached hydrogens (primary N) is 1. The first-order valence-electron chi connectivity index (χ1n) is 6.23. The van der Waals surface area contributed by atoms with Gasteiger partial charge in [-0.1, -0.05) is 18.2 Å². The topological polar surface area (TPSA) is 59.2 Å². The maximum atomic E-state index is 12.5. The molecule has 1 aliphatic carbocycles. The van der Waals surface area contributed by atoms with Crippen LogP contribution < -0.4 is 5.73 Å². The standard InChI is InChI=1S/C15H10BrN3O/c16-10-6-2-5-9-13(17)12-11(18-14(9)10)7-19(15(12)20)8-3-1-4-8/h1-6H,7H2,(H2,17,18). The van der Waals surface area contributed by atoms with E-state index in [9.17, 15) is 4.79 Å². The number of pyridine rings is 1. The van der Waals surface area contributed by atoms with Crippen LogP contribution in [0.2, 0.25) is 0 Å². The molecule has 0 radical (unpaired) electrons. The maximum Gasteiger partial charge on any atom is 0.262 e. The van der Waals surface area contributed by atoms with Gasteiger partial charge in [-0.05, 0) is 34.1 Å². The Labute approximate surface area is 123 Å². The van der Waals surface area contributed by atoms with Crippen molar-refractivity contribution in [3.8, 4) is 0 Å². The molecule has 0 atom stereocenters. The highest BCUT2D eigenvalue weighted by Crippen LogP contribution is 2.36. The van der Waals surface area contributed by atoms with Crippen molar-refractivity contribution >= 4 is 38.4 Å². The van der Waals surface area contributed by atoms with Gasteiger partial charge in [0, 0.05) is 15.6 Å². The number of halogens is 1. The molecule has 2 N–H and O–H groups in total. The van der Waals surface area contributed by atoms with Crippen molar-refractivity contribution in [2.24, 2.45) is 0 Å². The van der Waals surface area contributed by atoms with Crippen molar-refractivity contribution in [3.05, 3.63) is 57.9 Å². The van der Waals surface area contributed by atoms with Gasteiger partial charge in [-0.3, -0.25) is 4.79 Å². The molecule has 4 nitrogen and oxygen atoms in total. The van der Waals surface area contributed by atoms with E-state index in [0.717, 1.165) is 26.8 Å². The fourth-order valence-corrected chi connectivity index (χ4v) is 3.06. The molecule has 98 valence electrons.